The zero-order valence-corrected chi connectivity index (χ0v) is 16.7. The van der Waals surface area contributed by atoms with E-state index in [1.807, 2.05) is 16.7 Å². The van der Waals surface area contributed by atoms with E-state index in [4.69, 9.17) is 21.1 Å². The van der Waals surface area contributed by atoms with Crippen LogP contribution in [0.15, 0.2) is 48.8 Å². The van der Waals surface area contributed by atoms with Gasteiger partial charge in [-0.1, -0.05) is 11.6 Å². The monoisotopic (exact) mass is 415 g/mol. The van der Waals surface area contributed by atoms with Gasteiger partial charge >= 0.3 is 0 Å². The third-order valence-electron chi connectivity index (χ3n) is 5.02. The molecule has 3 aromatic rings. The van der Waals surface area contributed by atoms with Crippen LogP contribution in [-0.4, -0.2) is 36.2 Å². The lowest BCUT2D eigenvalue weighted by molar-refractivity contribution is -0.117. The summed E-state index contributed by atoms with van der Waals surface area (Å²) in [5.41, 5.74) is 1.06. The largest absolute Gasteiger partial charge is 0.493 e. The quantitative estimate of drug-likeness (QED) is 0.622. The van der Waals surface area contributed by atoms with E-state index in [9.17, 15) is 9.18 Å². The van der Waals surface area contributed by atoms with Crippen LogP contribution in [0.4, 0.5) is 10.1 Å². The molecule has 29 heavy (non-hydrogen) atoms. The number of benzene rings is 2. The molecule has 2 aromatic carbocycles. The number of aromatic nitrogens is 2. The molecule has 4 rings (SSSR count). The lowest BCUT2D eigenvalue weighted by Gasteiger charge is -2.19. The molecule has 1 amide bonds. The number of methoxy groups -OCH3 is 2. The van der Waals surface area contributed by atoms with E-state index in [1.54, 1.807) is 35.5 Å². The Hall–Kier alpha value is -3.06. The van der Waals surface area contributed by atoms with Gasteiger partial charge in [-0.2, -0.15) is 0 Å². The molecule has 1 fully saturated rings. The highest BCUT2D eigenvalue weighted by Gasteiger charge is 2.33. The van der Waals surface area contributed by atoms with Crippen LogP contribution in [0.1, 0.15) is 12.5 Å². The van der Waals surface area contributed by atoms with E-state index < -0.39 is 5.82 Å². The molecular formula is C21H19ClFN3O3. The van der Waals surface area contributed by atoms with Crippen LogP contribution in [0.2, 0.25) is 5.02 Å². The molecule has 1 aliphatic rings. The molecule has 1 aliphatic heterocycles. The van der Waals surface area contributed by atoms with Gasteiger partial charge in [-0.15, -0.1) is 0 Å². The number of carbonyl (C=O) groups is 1. The van der Waals surface area contributed by atoms with Gasteiger partial charge in [0, 0.05) is 42.1 Å². The fourth-order valence-corrected chi connectivity index (χ4v) is 3.71. The maximum absolute atomic E-state index is 14.8. The minimum atomic E-state index is -0.478. The number of halogens is 2. The first-order chi connectivity index (χ1) is 14.0. The summed E-state index contributed by atoms with van der Waals surface area (Å²) in [4.78, 5) is 18.7. The fraction of sp³-hybridized carbons (Fsp3) is 0.238. The number of nitrogens with zero attached hydrogens (tertiary/aromatic N) is 3. The number of hydrogen-bond acceptors (Lipinski definition) is 4. The second-order valence-electron chi connectivity index (χ2n) is 6.68. The Labute approximate surface area is 172 Å². The molecule has 0 N–H and O–H groups in total. The van der Waals surface area contributed by atoms with Crippen LogP contribution in [-0.2, 0) is 4.79 Å². The number of anilines is 1. The highest BCUT2D eigenvalue weighted by Crippen LogP contribution is 2.37. The summed E-state index contributed by atoms with van der Waals surface area (Å²) in [7, 11) is 2.94. The minimum absolute atomic E-state index is 0.00949. The molecule has 0 bridgehead atoms. The van der Waals surface area contributed by atoms with Crippen molar-refractivity contribution in [2.24, 2.45) is 0 Å². The zero-order chi connectivity index (χ0) is 20.5. The number of carbonyl (C=O) groups excluding carboxylic acids is 1. The van der Waals surface area contributed by atoms with Crippen LogP contribution in [0.25, 0.3) is 11.4 Å². The van der Waals surface area contributed by atoms with Crippen molar-refractivity contribution in [1.29, 1.82) is 0 Å². The summed E-state index contributed by atoms with van der Waals surface area (Å²) in [6.07, 6.45) is 3.65. The van der Waals surface area contributed by atoms with E-state index in [-0.39, 0.29) is 17.5 Å². The van der Waals surface area contributed by atoms with Crippen molar-refractivity contribution in [3.63, 3.8) is 0 Å². The van der Waals surface area contributed by atoms with Gasteiger partial charge in [0.15, 0.2) is 11.5 Å². The lowest BCUT2D eigenvalue weighted by Crippen LogP contribution is -2.24. The van der Waals surface area contributed by atoms with E-state index in [0.29, 0.717) is 35.3 Å². The maximum Gasteiger partial charge on any atom is 0.229 e. The molecule has 1 saturated heterocycles. The van der Waals surface area contributed by atoms with E-state index in [0.717, 1.165) is 5.69 Å². The van der Waals surface area contributed by atoms with E-state index >= 15 is 0 Å². The van der Waals surface area contributed by atoms with Crippen molar-refractivity contribution < 1.29 is 18.7 Å². The van der Waals surface area contributed by atoms with Gasteiger partial charge < -0.3 is 18.9 Å². The Balaban J connectivity index is 1.67. The van der Waals surface area contributed by atoms with Crippen molar-refractivity contribution in [3.8, 4) is 22.9 Å². The number of hydrogen-bond donors (Lipinski definition) is 0. The Morgan fingerprint density at radius 3 is 2.52 bits per heavy atom. The van der Waals surface area contributed by atoms with Gasteiger partial charge in [0.05, 0.1) is 25.8 Å². The third kappa shape index (κ3) is 3.53. The Kier molecular flexibility index (Phi) is 5.15. The standard InChI is InChI=1S/C21H19ClFN3O3/c1-28-18-10-16(17(23)11-19(18)29-2)21-24-7-8-25(21)15-9-20(27)26(12-15)14-5-3-13(22)4-6-14/h3-8,10-11,15H,9,12H2,1-2H3. The Morgan fingerprint density at radius 2 is 1.83 bits per heavy atom. The second-order valence-corrected chi connectivity index (χ2v) is 7.12. The van der Waals surface area contributed by atoms with Crippen molar-refractivity contribution in [2.45, 2.75) is 12.5 Å². The molecule has 1 atom stereocenters. The summed E-state index contributed by atoms with van der Waals surface area (Å²) < 4.78 is 27.0. The predicted molar refractivity (Wildman–Crippen MR) is 108 cm³/mol. The Morgan fingerprint density at radius 1 is 1.14 bits per heavy atom. The van der Waals surface area contributed by atoms with Crippen molar-refractivity contribution in [1.82, 2.24) is 9.55 Å². The molecule has 8 heteroatoms. The van der Waals surface area contributed by atoms with Gasteiger partial charge in [0.1, 0.15) is 11.6 Å². The van der Waals surface area contributed by atoms with Crippen molar-refractivity contribution in [3.05, 3.63) is 59.6 Å². The van der Waals surface area contributed by atoms with Crippen LogP contribution < -0.4 is 14.4 Å². The summed E-state index contributed by atoms with van der Waals surface area (Å²) in [6, 6.07) is 9.77. The molecule has 1 unspecified atom stereocenters. The molecule has 0 aliphatic carbocycles. The van der Waals surface area contributed by atoms with Crippen LogP contribution >= 0.6 is 11.6 Å². The average Bonchev–Trinajstić information content (AvgIpc) is 3.35. The predicted octanol–water partition coefficient (Wildman–Crippen LogP) is 4.34. The molecule has 2 heterocycles. The summed E-state index contributed by atoms with van der Waals surface area (Å²) in [5.74, 6) is 0.651. The van der Waals surface area contributed by atoms with Gasteiger partial charge in [-0.25, -0.2) is 9.37 Å². The smallest absolute Gasteiger partial charge is 0.229 e. The molecule has 0 radical (unpaired) electrons. The highest BCUT2D eigenvalue weighted by molar-refractivity contribution is 6.30. The van der Waals surface area contributed by atoms with Gasteiger partial charge in [-0.05, 0) is 30.3 Å². The molecule has 6 nitrogen and oxygen atoms in total. The number of ether oxygens (including phenoxy) is 2. The highest BCUT2D eigenvalue weighted by atomic mass is 35.5. The number of amides is 1. The molecule has 1 aromatic heterocycles. The summed E-state index contributed by atoms with van der Waals surface area (Å²) in [6.45, 7) is 0.457. The zero-order valence-electron chi connectivity index (χ0n) is 15.9. The van der Waals surface area contributed by atoms with Gasteiger partial charge in [0.25, 0.3) is 0 Å². The van der Waals surface area contributed by atoms with Crippen LogP contribution in [0, 0.1) is 5.82 Å². The normalized spacial score (nSPS) is 16.3. The Bertz CT molecular complexity index is 1050. The van der Waals surface area contributed by atoms with Gasteiger partial charge in [-0.3, -0.25) is 4.79 Å². The van der Waals surface area contributed by atoms with Crippen LogP contribution in [0.3, 0.4) is 0 Å². The molecular weight excluding hydrogens is 397 g/mol. The van der Waals surface area contributed by atoms with E-state index in [2.05, 4.69) is 4.98 Å². The number of imidazole rings is 1. The molecule has 150 valence electrons. The summed E-state index contributed by atoms with van der Waals surface area (Å²) in [5, 5.41) is 0.609. The maximum atomic E-state index is 14.8. The first-order valence-corrected chi connectivity index (χ1v) is 9.40. The molecule has 0 spiro atoms. The lowest BCUT2D eigenvalue weighted by atomic mass is 10.1. The SMILES string of the molecule is COc1cc(F)c(-c2nccn2C2CC(=O)N(c3ccc(Cl)cc3)C2)cc1OC. The van der Waals surface area contributed by atoms with Crippen molar-refractivity contribution >= 4 is 23.2 Å². The second kappa shape index (κ2) is 7.75. The minimum Gasteiger partial charge on any atom is -0.493 e. The third-order valence-corrected chi connectivity index (χ3v) is 5.27. The number of rotatable bonds is 5. The molecule has 0 saturated carbocycles. The average molecular weight is 416 g/mol. The van der Waals surface area contributed by atoms with Crippen molar-refractivity contribution in [2.75, 3.05) is 25.7 Å². The topological polar surface area (TPSA) is 56.6 Å². The van der Waals surface area contributed by atoms with Crippen LogP contribution in [0.5, 0.6) is 11.5 Å². The summed E-state index contributed by atoms with van der Waals surface area (Å²) >= 11 is 5.94. The fourth-order valence-electron chi connectivity index (χ4n) is 3.59. The first-order valence-electron chi connectivity index (χ1n) is 9.02. The first kappa shape index (κ1) is 19.3. The van der Waals surface area contributed by atoms with Gasteiger partial charge in [0.2, 0.25) is 5.91 Å². The van der Waals surface area contributed by atoms with E-state index in [1.165, 1.54) is 20.3 Å².